The van der Waals surface area contributed by atoms with Crippen molar-refractivity contribution < 1.29 is 9.59 Å². The Balaban J connectivity index is 2.09. The molecule has 1 saturated heterocycles. The Morgan fingerprint density at radius 3 is 2.30 bits per heavy atom. The van der Waals surface area contributed by atoms with Crippen LogP contribution in [0, 0.1) is 0 Å². The van der Waals surface area contributed by atoms with Crippen LogP contribution < -0.4 is 5.56 Å². The molecule has 108 valence electrons. The van der Waals surface area contributed by atoms with Gasteiger partial charge in [0, 0.05) is 45.7 Å². The summed E-state index contributed by atoms with van der Waals surface area (Å²) < 4.78 is 1.26. The van der Waals surface area contributed by atoms with Gasteiger partial charge in [0.05, 0.1) is 0 Å². The van der Waals surface area contributed by atoms with Crippen molar-refractivity contribution in [3.05, 3.63) is 28.2 Å². The zero-order valence-electron chi connectivity index (χ0n) is 11.7. The zero-order chi connectivity index (χ0) is 14.7. The Morgan fingerprint density at radius 1 is 1.15 bits per heavy atom. The van der Waals surface area contributed by atoms with Crippen molar-refractivity contribution in [2.24, 2.45) is 0 Å². The molecule has 0 aromatic carbocycles. The Labute approximate surface area is 116 Å². The number of hydrogen-bond donors (Lipinski definition) is 0. The molecule has 1 aromatic rings. The van der Waals surface area contributed by atoms with Gasteiger partial charge in [-0.2, -0.15) is 5.10 Å². The Morgan fingerprint density at radius 2 is 1.75 bits per heavy atom. The Kier molecular flexibility index (Phi) is 4.16. The average molecular weight is 278 g/mol. The van der Waals surface area contributed by atoms with Gasteiger partial charge in [-0.1, -0.05) is 0 Å². The van der Waals surface area contributed by atoms with Gasteiger partial charge >= 0.3 is 0 Å². The van der Waals surface area contributed by atoms with Gasteiger partial charge in [0.2, 0.25) is 5.91 Å². The molecule has 0 atom stereocenters. The Bertz CT molecular complexity index is 573. The fourth-order valence-electron chi connectivity index (χ4n) is 2.18. The highest BCUT2D eigenvalue weighted by Crippen LogP contribution is 2.06. The van der Waals surface area contributed by atoms with Gasteiger partial charge in [0.1, 0.15) is 5.69 Å². The summed E-state index contributed by atoms with van der Waals surface area (Å²) in [6.07, 6.45) is 0. The van der Waals surface area contributed by atoms with Crippen molar-refractivity contribution in [3.8, 4) is 0 Å². The molecule has 7 nitrogen and oxygen atoms in total. The van der Waals surface area contributed by atoms with Crippen LogP contribution in [0.1, 0.15) is 24.3 Å². The van der Waals surface area contributed by atoms with Gasteiger partial charge in [-0.25, -0.2) is 4.68 Å². The number of nitrogens with zero attached hydrogens (tertiary/aromatic N) is 4. The second-order valence-electron chi connectivity index (χ2n) is 4.67. The van der Waals surface area contributed by atoms with Crippen molar-refractivity contribution in [2.75, 3.05) is 26.2 Å². The second kappa shape index (κ2) is 5.85. The molecule has 2 amide bonds. The lowest BCUT2D eigenvalue weighted by atomic mass is 10.2. The van der Waals surface area contributed by atoms with Gasteiger partial charge in [-0.15, -0.1) is 0 Å². The number of carbonyl (C=O) groups is 2. The monoisotopic (exact) mass is 278 g/mol. The predicted octanol–water partition coefficient (Wildman–Crippen LogP) is -0.432. The summed E-state index contributed by atoms with van der Waals surface area (Å²) in [5.41, 5.74) is 0.0492. The third kappa shape index (κ3) is 2.87. The molecule has 2 heterocycles. The van der Waals surface area contributed by atoms with E-state index < -0.39 is 0 Å². The zero-order valence-corrected chi connectivity index (χ0v) is 11.7. The van der Waals surface area contributed by atoms with Crippen LogP contribution in [-0.4, -0.2) is 57.6 Å². The van der Waals surface area contributed by atoms with Crippen LogP contribution >= 0.6 is 0 Å². The molecule has 1 aromatic heterocycles. The molecule has 7 heteroatoms. The van der Waals surface area contributed by atoms with E-state index in [9.17, 15) is 14.4 Å². The normalized spacial score (nSPS) is 15.3. The minimum absolute atomic E-state index is 0.0229. The molecular formula is C13H18N4O3. The fourth-order valence-corrected chi connectivity index (χ4v) is 2.18. The van der Waals surface area contributed by atoms with E-state index in [1.54, 1.807) is 16.7 Å². The van der Waals surface area contributed by atoms with Gasteiger partial charge in [0.25, 0.3) is 11.5 Å². The molecule has 0 unspecified atom stereocenters. The number of aromatic nitrogens is 2. The van der Waals surface area contributed by atoms with Crippen molar-refractivity contribution in [2.45, 2.75) is 20.4 Å². The maximum atomic E-state index is 12.3. The van der Waals surface area contributed by atoms with Crippen molar-refractivity contribution in [3.63, 3.8) is 0 Å². The van der Waals surface area contributed by atoms with Crippen LogP contribution in [0.5, 0.6) is 0 Å². The summed E-state index contributed by atoms with van der Waals surface area (Å²) in [6, 6.07) is 2.81. The molecule has 0 radical (unpaired) electrons. The van der Waals surface area contributed by atoms with E-state index in [1.165, 1.54) is 23.7 Å². The molecule has 0 spiro atoms. The SMILES string of the molecule is CCn1nc(C(=O)N2CCN(C(C)=O)CC2)ccc1=O. The molecule has 1 aliphatic heterocycles. The third-order valence-corrected chi connectivity index (χ3v) is 3.40. The lowest BCUT2D eigenvalue weighted by molar-refractivity contribution is -0.130. The number of hydrogen-bond acceptors (Lipinski definition) is 4. The van der Waals surface area contributed by atoms with Crippen LogP contribution in [0.15, 0.2) is 16.9 Å². The van der Waals surface area contributed by atoms with Crippen LogP contribution in [0.25, 0.3) is 0 Å². The van der Waals surface area contributed by atoms with Gasteiger partial charge < -0.3 is 9.80 Å². The minimum atomic E-state index is -0.217. The lowest BCUT2D eigenvalue weighted by Crippen LogP contribution is -2.50. The van der Waals surface area contributed by atoms with Gasteiger partial charge in [-0.3, -0.25) is 14.4 Å². The number of carbonyl (C=O) groups excluding carboxylic acids is 2. The molecule has 2 rings (SSSR count). The number of aryl methyl sites for hydroxylation is 1. The van der Waals surface area contributed by atoms with Crippen LogP contribution in [0.4, 0.5) is 0 Å². The first-order valence-electron chi connectivity index (χ1n) is 6.66. The van der Waals surface area contributed by atoms with Crippen molar-refractivity contribution >= 4 is 11.8 Å². The third-order valence-electron chi connectivity index (χ3n) is 3.40. The number of amides is 2. The molecular weight excluding hydrogens is 260 g/mol. The first kappa shape index (κ1) is 14.2. The summed E-state index contributed by atoms with van der Waals surface area (Å²) >= 11 is 0. The van der Waals surface area contributed by atoms with Crippen LogP contribution in [-0.2, 0) is 11.3 Å². The van der Waals surface area contributed by atoms with E-state index in [4.69, 9.17) is 0 Å². The largest absolute Gasteiger partial charge is 0.339 e. The molecule has 1 aliphatic rings. The highest BCUT2D eigenvalue weighted by atomic mass is 16.2. The van der Waals surface area contributed by atoms with Crippen LogP contribution in [0.3, 0.4) is 0 Å². The summed E-state index contributed by atoms with van der Waals surface area (Å²) in [5, 5.41) is 4.05. The van der Waals surface area contributed by atoms with Crippen LogP contribution in [0.2, 0.25) is 0 Å². The van der Waals surface area contributed by atoms with E-state index in [0.29, 0.717) is 32.7 Å². The topological polar surface area (TPSA) is 75.5 Å². The van der Waals surface area contributed by atoms with E-state index in [-0.39, 0.29) is 23.1 Å². The molecule has 0 aliphatic carbocycles. The van der Waals surface area contributed by atoms with Gasteiger partial charge in [-0.05, 0) is 13.0 Å². The van der Waals surface area contributed by atoms with E-state index in [1.807, 2.05) is 0 Å². The number of rotatable bonds is 2. The first-order valence-corrected chi connectivity index (χ1v) is 6.66. The summed E-state index contributed by atoms with van der Waals surface area (Å²) in [5.74, 6) is -0.176. The molecule has 20 heavy (non-hydrogen) atoms. The average Bonchev–Trinajstić information content (AvgIpc) is 2.47. The van der Waals surface area contributed by atoms with Gasteiger partial charge in [0.15, 0.2) is 0 Å². The summed E-state index contributed by atoms with van der Waals surface area (Å²) in [4.78, 5) is 38.4. The smallest absolute Gasteiger partial charge is 0.274 e. The van der Waals surface area contributed by atoms with E-state index in [2.05, 4.69) is 5.10 Å². The summed E-state index contributed by atoms with van der Waals surface area (Å²) in [7, 11) is 0. The lowest BCUT2D eigenvalue weighted by Gasteiger charge is -2.34. The maximum Gasteiger partial charge on any atom is 0.274 e. The minimum Gasteiger partial charge on any atom is -0.339 e. The molecule has 0 N–H and O–H groups in total. The molecule has 1 fully saturated rings. The van der Waals surface area contributed by atoms with Crippen molar-refractivity contribution in [1.29, 1.82) is 0 Å². The molecule has 0 bridgehead atoms. The number of piperazine rings is 1. The standard InChI is InChI=1S/C13H18N4O3/c1-3-17-12(19)5-4-11(14-17)13(20)16-8-6-15(7-9-16)10(2)18/h4-5H,3,6-9H2,1-2H3. The highest BCUT2D eigenvalue weighted by molar-refractivity contribution is 5.92. The second-order valence-corrected chi connectivity index (χ2v) is 4.67. The Hall–Kier alpha value is -2.18. The quantitative estimate of drug-likeness (QED) is 0.735. The first-order chi connectivity index (χ1) is 9.52. The van der Waals surface area contributed by atoms with E-state index in [0.717, 1.165) is 0 Å². The van der Waals surface area contributed by atoms with E-state index >= 15 is 0 Å². The summed E-state index contributed by atoms with van der Waals surface area (Å²) in [6.45, 7) is 5.81. The molecule has 0 saturated carbocycles. The van der Waals surface area contributed by atoms with Crippen molar-refractivity contribution in [1.82, 2.24) is 19.6 Å². The fraction of sp³-hybridized carbons (Fsp3) is 0.538. The predicted molar refractivity (Wildman–Crippen MR) is 72.3 cm³/mol. The highest BCUT2D eigenvalue weighted by Gasteiger charge is 2.24. The maximum absolute atomic E-state index is 12.3.